The largest absolute Gasteiger partial charge is 0.472 e. The molecular weight excluding hydrogens is 1400 g/mol. The van der Waals surface area contributed by atoms with Gasteiger partial charge in [0.2, 0.25) is 0 Å². The summed E-state index contributed by atoms with van der Waals surface area (Å²) >= 11 is 0. The number of rotatable bonds is 89. The second-order valence-corrected chi connectivity index (χ2v) is 35.1. The molecule has 0 rings (SSSR count). The van der Waals surface area contributed by atoms with E-state index in [2.05, 4.69) is 34.6 Å². The van der Waals surface area contributed by atoms with Crippen LogP contribution in [-0.2, 0) is 65.4 Å². The summed E-state index contributed by atoms with van der Waals surface area (Å²) < 4.78 is 68.9. The van der Waals surface area contributed by atoms with E-state index in [1.54, 1.807) is 0 Å². The van der Waals surface area contributed by atoms with E-state index >= 15 is 0 Å². The number of hydrogen-bond donors (Lipinski definition) is 3. The van der Waals surface area contributed by atoms with Crippen LogP contribution in [0.3, 0.4) is 0 Å². The lowest BCUT2D eigenvalue weighted by Gasteiger charge is -2.21. The summed E-state index contributed by atoms with van der Waals surface area (Å²) in [6.07, 6.45) is 76.7. The highest BCUT2D eigenvalue weighted by Crippen LogP contribution is 2.45. The lowest BCUT2D eigenvalue weighted by molar-refractivity contribution is -0.161. The van der Waals surface area contributed by atoms with Gasteiger partial charge in [-0.2, -0.15) is 0 Å². The van der Waals surface area contributed by atoms with Crippen molar-refractivity contribution in [2.24, 2.45) is 5.92 Å². The monoisotopic (exact) mass is 1580 g/mol. The number of hydrogen-bond acceptors (Lipinski definition) is 15. The molecule has 0 bridgehead atoms. The third kappa shape index (κ3) is 80.7. The summed E-state index contributed by atoms with van der Waals surface area (Å²) in [6, 6.07) is 0. The van der Waals surface area contributed by atoms with Gasteiger partial charge in [0.05, 0.1) is 26.4 Å². The third-order valence-electron chi connectivity index (χ3n) is 21.4. The topological polar surface area (TPSA) is 237 Å². The molecule has 3 unspecified atom stereocenters. The number of aliphatic hydroxyl groups is 1. The fraction of sp³-hybridized carbons (Fsp3) is 0.955. The van der Waals surface area contributed by atoms with Gasteiger partial charge in [-0.15, -0.1) is 0 Å². The molecule has 0 aliphatic heterocycles. The lowest BCUT2D eigenvalue weighted by Crippen LogP contribution is -2.30. The maximum absolute atomic E-state index is 13.2. The first-order valence-electron chi connectivity index (χ1n) is 46.2. The fourth-order valence-electron chi connectivity index (χ4n) is 14.0. The van der Waals surface area contributed by atoms with Crippen LogP contribution in [-0.4, -0.2) is 96.7 Å². The van der Waals surface area contributed by atoms with Crippen molar-refractivity contribution in [3.63, 3.8) is 0 Å². The van der Waals surface area contributed by atoms with Gasteiger partial charge in [0.15, 0.2) is 12.2 Å². The molecule has 0 aromatic carbocycles. The first-order chi connectivity index (χ1) is 52.6. The average Bonchev–Trinajstić information content (AvgIpc) is 0.899. The Kier molecular flexibility index (Phi) is 80.2. The Morgan fingerprint density at radius 3 is 0.657 bits per heavy atom. The molecule has 3 N–H and O–H groups in total. The second-order valence-electron chi connectivity index (χ2n) is 32.2. The van der Waals surface area contributed by atoms with Crippen molar-refractivity contribution in [2.75, 3.05) is 39.6 Å². The maximum Gasteiger partial charge on any atom is 0.472 e. The van der Waals surface area contributed by atoms with Crippen molar-refractivity contribution in [3.05, 3.63) is 0 Å². The van der Waals surface area contributed by atoms with Crippen molar-refractivity contribution in [1.82, 2.24) is 0 Å². The van der Waals surface area contributed by atoms with Gasteiger partial charge in [-0.25, -0.2) is 9.13 Å². The Labute approximate surface area is 664 Å². The molecule has 0 radical (unpaired) electrons. The van der Waals surface area contributed by atoms with Crippen molar-refractivity contribution < 1.29 is 80.2 Å². The summed E-state index contributed by atoms with van der Waals surface area (Å²) in [4.78, 5) is 73.1. The Balaban J connectivity index is 5.15. The van der Waals surface area contributed by atoms with Crippen molar-refractivity contribution in [2.45, 2.75) is 502 Å². The van der Waals surface area contributed by atoms with Gasteiger partial charge in [-0.05, 0) is 31.6 Å². The zero-order valence-electron chi connectivity index (χ0n) is 71.0. The van der Waals surface area contributed by atoms with Crippen LogP contribution >= 0.6 is 15.6 Å². The molecule has 0 saturated heterocycles. The second kappa shape index (κ2) is 81.6. The van der Waals surface area contributed by atoms with E-state index in [1.165, 1.54) is 295 Å². The smallest absolute Gasteiger partial charge is 0.462 e. The molecule has 642 valence electrons. The minimum Gasteiger partial charge on any atom is -0.462 e. The van der Waals surface area contributed by atoms with E-state index < -0.39 is 97.5 Å². The number of carbonyl (C=O) groups excluding carboxylic acids is 4. The van der Waals surface area contributed by atoms with Gasteiger partial charge in [-0.1, -0.05) is 433 Å². The molecule has 0 heterocycles. The molecule has 0 fully saturated rings. The van der Waals surface area contributed by atoms with Crippen molar-refractivity contribution >= 4 is 39.5 Å². The summed E-state index contributed by atoms with van der Waals surface area (Å²) in [5.74, 6) is -1.23. The molecular formula is C89H174O17P2. The Morgan fingerprint density at radius 1 is 0.259 bits per heavy atom. The summed E-state index contributed by atoms with van der Waals surface area (Å²) in [5, 5.41) is 10.7. The number of unbranched alkanes of at least 4 members (excludes halogenated alkanes) is 60. The molecule has 0 spiro atoms. The van der Waals surface area contributed by atoms with Crippen LogP contribution in [0.25, 0.3) is 0 Å². The van der Waals surface area contributed by atoms with E-state index in [9.17, 15) is 43.2 Å². The van der Waals surface area contributed by atoms with E-state index in [4.69, 9.17) is 37.0 Å². The van der Waals surface area contributed by atoms with Crippen LogP contribution in [0.1, 0.15) is 484 Å². The number of phosphoric ester groups is 2. The number of ether oxygens (including phenoxy) is 4. The van der Waals surface area contributed by atoms with Crippen LogP contribution < -0.4 is 0 Å². The van der Waals surface area contributed by atoms with Gasteiger partial charge in [-0.3, -0.25) is 37.3 Å². The highest BCUT2D eigenvalue weighted by atomic mass is 31.2. The Hall–Kier alpha value is -1.94. The minimum absolute atomic E-state index is 0.109. The SMILES string of the molecule is CCCCCCCCCCCCCCCCCCCCCCCC(=O)OC[C@H](COP(=O)(O)OC[C@@H](O)COP(=O)(O)OC[C@@H](COC(=O)CCCCCCCCC)OC(=O)CCCCCCCCCCCCCCCCCCCC)OC(=O)CCCCCCCCCCCCCCCCCCCCC(C)CC. The summed E-state index contributed by atoms with van der Waals surface area (Å²) in [7, 11) is -9.92. The van der Waals surface area contributed by atoms with Crippen LogP contribution in [0.2, 0.25) is 0 Å². The van der Waals surface area contributed by atoms with Gasteiger partial charge in [0, 0.05) is 25.7 Å². The number of phosphoric acid groups is 2. The number of esters is 4. The van der Waals surface area contributed by atoms with E-state index in [0.29, 0.717) is 25.7 Å². The zero-order chi connectivity index (χ0) is 79.0. The quantitative estimate of drug-likeness (QED) is 0.0222. The van der Waals surface area contributed by atoms with E-state index in [-0.39, 0.29) is 25.7 Å². The van der Waals surface area contributed by atoms with Gasteiger partial charge < -0.3 is 33.8 Å². The molecule has 0 aromatic heterocycles. The van der Waals surface area contributed by atoms with Gasteiger partial charge >= 0.3 is 39.5 Å². The lowest BCUT2D eigenvalue weighted by atomic mass is 9.99. The fourth-order valence-corrected chi connectivity index (χ4v) is 15.5. The van der Waals surface area contributed by atoms with Crippen LogP contribution in [0.5, 0.6) is 0 Å². The molecule has 6 atom stereocenters. The molecule has 0 aliphatic carbocycles. The molecule has 0 aromatic rings. The third-order valence-corrected chi connectivity index (χ3v) is 23.3. The molecule has 0 saturated carbocycles. The first kappa shape index (κ1) is 106. The van der Waals surface area contributed by atoms with Gasteiger partial charge in [0.1, 0.15) is 19.3 Å². The highest BCUT2D eigenvalue weighted by molar-refractivity contribution is 7.47. The Morgan fingerprint density at radius 2 is 0.444 bits per heavy atom. The highest BCUT2D eigenvalue weighted by Gasteiger charge is 2.31. The predicted octanol–water partition coefficient (Wildman–Crippen LogP) is 27.5. The van der Waals surface area contributed by atoms with Crippen LogP contribution in [0.15, 0.2) is 0 Å². The summed E-state index contributed by atoms with van der Waals surface area (Å²) in [6.45, 7) is 7.40. The van der Waals surface area contributed by atoms with Crippen LogP contribution in [0, 0.1) is 5.92 Å². The number of aliphatic hydroxyl groups excluding tert-OH is 1. The van der Waals surface area contributed by atoms with Crippen molar-refractivity contribution in [1.29, 1.82) is 0 Å². The van der Waals surface area contributed by atoms with Crippen LogP contribution in [0.4, 0.5) is 0 Å². The average molecular weight is 1580 g/mol. The van der Waals surface area contributed by atoms with E-state index in [0.717, 1.165) is 109 Å². The molecule has 0 aliphatic rings. The number of carbonyl (C=O) groups is 4. The maximum atomic E-state index is 13.2. The van der Waals surface area contributed by atoms with Gasteiger partial charge in [0.25, 0.3) is 0 Å². The Bertz CT molecular complexity index is 2050. The van der Waals surface area contributed by atoms with E-state index in [1.807, 2.05) is 0 Å². The first-order valence-corrected chi connectivity index (χ1v) is 49.2. The summed E-state index contributed by atoms with van der Waals surface area (Å²) in [5.41, 5.74) is 0. The molecule has 0 amide bonds. The minimum atomic E-state index is -4.97. The zero-order valence-corrected chi connectivity index (χ0v) is 72.8. The van der Waals surface area contributed by atoms with Crippen molar-refractivity contribution in [3.8, 4) is 0 Å². The predicted molar refractivity (Wildman–Crippen MR) is 446 cm³/mol. The molecule has 108 heavy (non-hydrogen) atoms. The standard InChI is InChI=1S/C89H174O17P2/c1-6-10-13-16-19-21-23-25-27-29-31-32-33-38-41-45-49-53-58-63-68-73-87(92)100-79-85(106-89(94)75-70-65-60-55-51-47-43-39-35-34-36-40-44-48-52-57-61-66-71-82(5)9-4)81-104-108(97,98)102-77-83(90)76-101-107(95,96)103-80-84(78-99-86(91)72-67-62-56-18-15-12-8-3)105-88(93)74-69-64-59-54-50-46-42-37-30-28-26-24-22-20-17-14-11-7-2/h82-85,90H,6-81H2,1-5H3,(H,95,96)(H,97,98)/t82?,83-,84+,85+/m0/s1. The molecule has 17 nitrogen and oxygen atoms in total. The normalized spacial score (nSPS) is 14.0. The molecule has 19 heteroatoms.